The highest BCUT2D eigenvalue weighted by Crippen LogP contribution is 2.39. The molecule has 0 atom stereocenters. The van der Waals surface area contributed by atoms with Crippen LogP contribution in [0.15, 0.2) is 12.1 Å². The van der Waals surface area contributed by atoms with Crippen molar-refractivity contribution in [1.82, 2.24) is 0 Å². The number of carbonyl (C=O) groups is 1. The van der Waals surface area contributed by atoms with Crippen LogP contribution >= 0.6 is 11.8 Å². The summed E-state index contributed by atoms with van der Waals surface area (Å²) in [5.41, 5.74) is 0.611. The first kappa shape index (κ1) is 17.7. The zero-order chi connectivity index (χ0) is 15.7. The molecule has 0 aromatic heterocycles. The van der Waals surface area contributed by atoms with Crippen molar-refractivity contribution in [2.45, 2.75) is 27.2 Å². The second-order valence-corrected chi connectivity index (χ2v) is 5.25. The zero-order valence-corrected chi connectivity index (χ0v) is 14.0. The van der Waals surface area contributed by atoms with Gasteiger partial charge in [-0.25, -0.2) is 0 Å². The summed E-state index contributed by atoms with van der Waals surface area (Å²) in [5.74, 6) is 2.60. The maximum Gasteiger partial charge on any atom is 0.203 e. The van der Waals surface area contributed by atoms with Crippen molar-refractivity contribution in [1.29, 1.82) is 0 Å². The fraction of sp³-hybridized carbons (Fsp3) is 0.562. The Balaban J connectivity index is 3.18. The average molecular weight is 312 g/mol. The van der Waals surface area contributed by atoms with E-state index in [0.29, 0.717) is 49.1 Å². The first-order chi connectivity index (χ1) is 10.2. The minimum Gasteiger partial charge on any atom is -0.490 e. The van der Waals surface area contributed by atoms with E-state index in [1.165, 1.54) is 0 Å². The third-order valence-electron chi connectivity index (χ3n) is 2.76. The van der Waals surface area contributed by atoms with Gasteiger partial charge in [-0.15, -0.1) is 0 Å². The molecule has 0 spiro atoms. The van der Waals surface area contributed by atoms with Crippen LogP contribution in [-0.4, -0.2) is 37.6 Å². The summed E-state index contributed by atoms with van der Waals surface area (Å²) in [6, 6.07) is 3.50. The summed E-state index contributed by atoms with van der Waals surface area (Å²) in [7, 11) is 0. The van der Waals surface area contributed by atoms with Crippen molar-refractivity contribution in [3.05, 3.63) is 17.7 Å². The van der Waals surface area contributed by atoms with E-state index in [1.807, 2.05) is 27.0 Å². The van der Waals surface area contributed by atoms with Crippen LogP contribution < -0.4 is 14.2 Å². The Morgan fingerprint density at radius 2 is 1.52 bits per heavy atom. The molecule has 0 heterocycles. The van der Waals surface area contributed by atoms with Gasteiger partial charge in [0.15, 0.2) is 17.3 Å². The number of benzene rings is 1. The number of ether oxygens (including phenoxy) is 3. The topological polar surface area (TPSA) is 44.8 Å². The third-order valence-corrected chi connectivity index (χ3v) is 3.38. The molecule has 0 unspecified atom stereocenters. The summed E-state index contributed by atoms with van der Waals surface area (Å²) in [4.78, 5) is 12.2. The molecule has 0 aliphatic heterocycles. The molecule has 0 fully saturated rings. The predicted molar refractivity (Wildman–Crippen MR) is 87.3 cm³/mol. The molecule has 1 aromatic carbocycles. The van der Waals surface area contributed by atoms with Crippen LogP contribution in [0, 0.1) is 0 Å². The molecule has 118 valence electrons. The van der Waals surface area contributed by atoms with Gasteiger partial charge in [-0.05, 0) is 39.2 Å². The summed E-state index contributed by atoms with van der Waals surface area (Å²) >= 11 is 1.66. The molecule has 21 heavy (non-hydrogen) atoms. The fourth-order valence-corrected chi connectivity index (χ4v) is 2.28. The van der Waals surface area contributed by atoms with Crippen LogP contribution in [0.2, 0.25) is 0 Å². The lowest BCUT2D eigenvalue weighted by Gasteiger charge is -2.16. The molecule has 1 rings (SSSR count). The number of rotatable bonds is 10. The van der Waals surface area contributed by atoms with Crippen LogP contribution in [-0.2, 0) is 0 Å². The quantitative estimate of drug-likeness (QED) is 0.615. The van der Waals surface area contributed by atoms with E-state index in [4.69, 9.17) is 14.2 Å². The second-order valence-electron chi connectivity index (χ2n) is 4.27. The van der Waals surface area contributed by atoms with Crippen molar-refractivity contribution in [3.63, 3.8) is 0 Å². The van der Waals surface area contributed by atoms with Gasteiger partial charge >= 0.3 is 0 Å². The Hall–Kier alpha value is -1.36. The molecule has 0 saturated heterocycles. The maximum absolute atomic E-state index is 12.2. The van der Waals surface area contributed by atoms with E-state index in [0.717, 1.165) is 5.75 Å². The number of thioether (sulfide) groups is 1. The monoisotopic (exact) mass is 312 g/mol. The number of Topliss-reactive ketones (excluding diaryl/α,β-unsaturated/α-hetero) is 1. The second kappa shape index (κ2) is 9.55. The number of carbonyl (C=O) groups excluding carboxylic acids is 1. The van der Waals surface area contributed by atoms with Gasteiger partial charge in [0.2, 0.25) is 5.75 Å². The molecule has 0 radical (unpaired) electrons. The Morgan fingerprint density at radius 1 is 1.00 bits per heavy atom. The highest BCUT2D eigenvalue weighted by Gasteiger charge is 2.18. The number of ketones is 1. The lowest BCUT2D eigenvalue weighted by Crippen LogP contribution is -2.06. The lowest BCUT2D eigenvalue weighted by molar-refractivity contribution is 0.0988. The van der Waals surface area contributed by atoms with Crippen molar-refractivity contribution < 1.29 is 19.0 Å². The molecule has 0 amide bonds. The van der Waals surface area contributed by atoms with E-state index in [9.17, 15) is 4.79 Å². The normalized spacial score (nSPS) is 10.3. The van der Waals surface area contributed by atoms with E-state index in [2.05, 4.69) is 0 Å². The molecular weight excluding hydrogens is 288 g/mol. The first-order valence-corrected chi connectivity index (χ1v) is 8.65. The van der Waals surface area contributed by atoms with E-state index in [1.54, 1.807) is 23.9 Å². The maximum atomic E-state index is 12.2. The predicted octanol–water partition coefficient (Wildman–Crippen LogP) is 3.82. The Kier molecular flexibility index (Phi) is 8.05. The lowest BCUT2D eigenvalue weighted by atomic mass is 10.1. The van der Waals surface area contributed by atoms with E-state index >= 15 is 0 Å². The summed E-state index contributed by atoms with van der Waals surface area (Å²) < 4.78 is 16.8. The average Bonchev–Trinajstić information content (AvgIpc) is 2.48. The first-order valence-electron chi connectivity index (χ1n) is 7.26. The molecule has 1 aromatic rings. The van der Waals surface area contributed by atoms with Gasteiger partial charge < -0.3 is 14.2 Å². The summed E-state index contributed by atoms with van der Waals surface area (Å²) in [5, 5.41) is 0. The van der Waals surface area contributed by atoms with Gasteiger partial charge in [-0.1, -0.05) is 0 Å². The Morgan fingerprint density at radius 3 is 1.95 bits per heavy atom. The van der Waals surface area contributed by atoms with Gasteiger partial charge in [-0.3, -0.25) is 4.79 Å². The highest BCUT2D eigenvalue weighted by atomic mass is 32.2. The summed E-state index contributed by atoms with van der Waals surface area (Å²) in [6.07, 6.45) is 2.50. The van der Waals surface area contributed by atoms with Crippen molar-refractivity contribution in [2.75, 3.05) is 31.8 Å². The van der Waals surface area contributed by atoms with Gasteiger partial charge in [0.1, 0.15) is 0 Å². The van der Waals surface area contributed by atoms with Crippen LogP contribution in [0.4, 0.5) is 0 Å². The van der Waals surface area contributed by atoms with E-state index < -0.39 is 0 Å². The fourth-order valence-electron chi connectivity index (χ4n) is 1.89. The number of hydrogen-bond acceptors (Lipinski definition) is 5. The van der Waals surface area contributed by atoms with Crippen LogP contribution in [0.5, 0.6) is 17.2 Å². The van der Waals surface area contributed by atoms with Gasteiger partial charge in [0, 0.05) is 17.7 Å². The molecule has 0 N–H and O–H groups in total. The third kappa shape index (κ3) is 5.16. The summed E-state index contributed by atoms with van der Waals surface area (Å²) in [6.45, 7) is 7.24. The minimum atomic E-state index is 0.0919. The standard InChI is InChI=1S/C16H24O4S/c1-5-18-14-10-12(13(17)8-9-21-4)11-15(19-6-2)16(14)20-7-3/h10-11H,5-9H2,1-4H3. The highest BCUT2D eigenvalue weighted by molar-refractivity contribution is 7.98. The molecule has 0 bridgehead atoms. The number of hydrogen-bond donors (Lipinski definition) is 0. The minimum absolute atomic E-state index is 0.0919. The van der Waals surface area contributed by atoms with Crippen molar-refractivity contribution in [3.8, 4) is 17.2 Å². The SMILES string of the molecule is CCOc1cc(C(=O)CCSC)cc(OCC)c1OCC. The van der Waals surface area contributed by atoms with E-state index in [-0.39, 0.29) is 5.78 Å². The van der Waals surface area contributed by atoms with Crippen molar-refractivity contribution in [2.24, 2.45) is 0 Å². The molecule has 0 saturated carbocycles. The zero-order valence-electron chi connectivity index (χ0n) is 13.2. The van der Waals surface area contributed by atoms with Gasteiger partial charge in [0.25, 0.3) is 0 Å². The van der Waals surface area contributed by atoms with Crippen LogP contribution in [0.1, 0.15) is 37.6 Å². The largest absolute Gasteiger partial charge is 0.490 e. The smallest absolute Gasteiger partial charge is 0.203 e. The van der Waals surface area contributed by atoms with Gasteiger partial charge in [-0.2, -0.15) is 11.8 Å². The molecule has 0 aliphatic rings. The van der Waals surface area contributed by atoms with Gasteiger partial charge in [0.05, 0.1) is 19.8 Å². The van der Waals surface area contributed by atoms with Crippen molar-refractivity contribution >= 4 is 17.5 Å². The molecule has 5 heteroatoms. The molecule has 4 nitrogen and oxygen atoms in total. The van der Waals surface area contributed by atoms with Crippen LogP contribution in [0.25, 0.3) is 0 Å². The van der Waals surface area contributed by atoms with Crippen LogP contribution in [0.3, 0.4) is 0 Å². The molecular formula is C16H24O4S. The molecule has 0 aliphatic carbocycles. The Bertz CT molecular complexity index is 433. The Labute approximate surface area is 131 Å².